The van der Waals surface area contributed by atoms with Crippen LogP contribution in [0.2, 0.25) is 5.02 Å². The molecule has 0 bridgehead atoms. The molecule has 0 aliphatic carbocycles. The van der Waals surface area contributed by atoms with E-state index in [-0.39, 0.29) is 16.5 Å². The van der Waals surface area contributed by atoms with Crippen molar-refractivity contribution < 1.29 is 17.9 Å². The lowest BCUT2D eigenvalue weighted by atomic mass is 10.2. The van der Waals surface area contributed by atoms with E-state index in [4.69, 9.17) is 16.3 Å². The van der Waals surface area contributed by atoms with Crippen molar-refractivity contribution in [3.63, 3.8) is 0 Å². The molecule has 1 saturated heterocycles. The molecule has 24 heavy (non-hydrogen) atoms. The van der Waals surface area contributed by atoms with E-state index in [2.05, 4.69) is 0 Å². The molecule has 0 atom stereocenters. The lowest BCUT2D eigenvalue weighted by Crippen LogP contribution is -2.40. The zero-order valence-electron chi connectivity index (χ0n) is 14.2. The van der Waals surface area contributed by atoms with E-state index in [0.717, 1.165) is 0 Å². The molecule has 1 aliphatic rings. The molecular formula is C16H23ClN2O4S. The van der Waals surface area contributed by atoms with Crippen molar-refractivity contribution in [2.75, 3.05) is 26.2 Å². The average Bonchev–Trinajstić information content (AvgIpc) is 2.72. The lowest BCUT2D eigenvalue weighted by Gasteiger charge is -2.26. The van der Waals surface area contributed by atoms with E-state index >= 15 is 0 Å². The molecule has 0 aromatic heterocycles. The van der Waals surface area contributed by atoms with Gasteiger partial charge in [-0.3, -0.25) is 0 Å². The Kier molecular flexibility index (Phi) is 5.78. The normalized spacial score (nSPS) is 17.4. The highest BCUT2D eigenvalue weighted by atomic mass is 35.5. The molecule has 0 unspecified atom stereocenters. The van der Waals surface area contributed by atoms with E-state index in [1.807, 2.05) is 0 Å². The molecule has 8 heteroatoms. The van der Waals surface area contributed by atoms with Gasteiger partial charge in [0.1, 0.15) is 10.5 Å². The summed E-state index contributed by atoms with van der Waals surface area (Å²) in [6, 6.07) is 6.38. The van der Waals surface area contributed by atoms with E-state index in [9.17, 15) is 13.2 Å². The summed E-state index contributed by atoms with van der Waals surface area (Å²) < 4.78 is 32.3. The molecular weight excluding hydrogens is 352 g/mol. The molecule has 0 N–H and O–H groups in total. The third kappa shape index (κ3) is 4.62. The van der Waals surface area contributed by atoms with Gasteiger partial charge in [-0.1, -0.05) is 23.7 Å². The number of hydrogen-bond donors (Lipinski definition) is 0. The smallest absolute Gasteiger partial charge is 0.410 e. The summed E-state index contributed by atoms with van der Waals surface area (Å²) in [4.78, 5) is 13.8. The fourth-order valence-corrected chi connectivity index (χ4v) is 4.40. The molecule has 1 amide bonds. The Morgan fingerprint density at radius 3 is 2.42 bits per heavy atom. The van der Waals surface area contributed by atoms with Crippen LogP contribution in [0.1, 0.15) is 27.2 Å². The van der Waals surface area contributed by atoms with Gasteiger partial charge in [-0.25, -0.2) is 13.2 Å². The summed E-state index contributed by atoms with van der Waals surface area (Å²) in [5, 5.41) is 0.200. The van der Waals surface area contributed by atoms with Crippen LogP contribution in [0, 0.1) is 0 Å². The molecule has 0 saturated carbocycles. The van der Waals surface area contributed by atoms with Gasteiger partial charge in [0.05, 0.1) is 5.02 Å². The highest BCUT2D eigenvalue weighted by Gasteiger charge is 2.30. The molecule has 134 valence electrons. The van der Waals surface area contributed by atoms with Gasteiger partial charge in [-0.15, -0.1) is 0 Å². The minimum atomic E-state index is -3.68. The van der Waals surface area contributed by atoms with Gasteiger partial charge in [0.25, 0.3) is 0 Å². The predicted molar refractivity (Wildman–Crippen MR) is 92.6 cm³/mol. The van der Waals surface area contributed by atoms with Crippen molar-refractivity contribution in [1.29, 1.82) is 0 Å². The minimum Gasteiger partial charge on any atom is -0.444 e. The van der Waals surface area contributed by atoms with Crippen LogP contribution in [-0.4, -0.2) is 55.5 Å². The van der Waals surface area contributed by atoms with E-state index in [1.165, 1.54) is 10.4 Å². The number of rotatable bonds is 2. The maximum atomic E-state index is 12.8. The third-order valence-corrected chi connectivity index (χ3v) is 5.96. The highest BCUT2D eigenvalue weighted by molar-refractivity contribution is 7.89. The molecule has 1 heterocycles. The molecule has 0 radical (unpaired) electrons. The minimum absolute atomic E-state index is 0.0948. The van der Waals surface area contributed by atoms with Crippen molar-refractivity contribution in [2.24, 2.45) is 0 Å². The zero-order chi connectivity index (χ0) is 18.0. The fraction of sp³-hybridized carbons (Fsp3) is 0.562. The Hall–Kier alpha value is -1.31. The molecule has 1 aromatic carbocycles. The number of sulfonamides is 1. The quantitative estimate of drug-likeness (QED) is 0.798. The van der Waals surface area contributed by atoms with Crippen molar-refractivity contribution in [3.05, 3.63) is 29.3 Å². The van der Waals surface area contributed by atoms with Crippen LogP contribution in [0.25, 0.3) is 0 Å². The van der Waals surface area contributed by atoms with Crippen LogP contribution in [0.15, 0.2) is 29.2 Å². The van der Waals surface area contributed by atoms with Crippen molar-refractivity contribution in [3.8, 4) is 0 Å². The van der Waals surface area contributed by atoms with Crippen LogP contribution in [-0.2, 0) is 14.8 Å². The summed E-state index contributed by atoms with van der Waals surface area (Å²) in [5.41, 5.74) is -0.577. The summed E-state index contributed by atoms with van der Waals surface area (Å²) in [6.07, 6.45) is 0.127. The van der Waals surface area contributed by atoms with Crippen LogP contribution in [0.3, 0.4) is 0 Å². The van der Waals surface area contributed by atoms with Gasteiger partial charge < -0.3 is 9.64 Å². The van der Waals surface area contributed by atoms with Crippen LogP contribution in [0.4, 0.5) is 4.79 Å². The molecule has 1 aliphatic heterocycles. The number of carbonyl (C=O) groups is 1. The Balaban J connectivity index is 2.11. The molecule has 1 aromatic rings. The van der Waals surface area contributed by atoms with Crippen LogP contribution < -0.4 is 0 Å². The maximum Gasteiger partial charge on any atom is 0.410 e. The van der Waals surface area contributed by atoms with Crippen molar-refractivity contribution in [2.45, 2.75) is 37.7 Å². The molecule has 2 rings (SSSR count). The monoisotopic (exact) mass is 374 g/mol. The van der Waals surface area contributed by atoms with Gasteiger partial charge in [0.15, 0.2) is 0 Å². The van der Waals surface area contributed by atoms with E-state index in [1.54, 1.807) is 43.9 Å². The number of halogens is 1. The summed E-state index contributed by atoms with van der Waals surface area (Å²) >= 11 is 6.03. The highest BCUT2D eigenvalue weighted by Crippen LogP contribution is 2.25. The van der Waals surface area contributed by atoms with E-state index < -0.39 is 21.7 Å². The van der Waals surface area contributed by atoms with Crippen molar-refractivity contribution >= 4 is 27.7 Å². The van der Waals surface area contributed by atoms with Gasteiger partial charge in [0.2, 0.25) is 10.0 Å². The predicted octanol–water partition coefficient (Wildman–Crippen LogP) is 2.97. The summed E-state index contributed by atoms with van der Waals surface area (Å²) in [5.74, 6) is 0. The molecule has 6 nitrogen and oxygen atoms in total. The van der Waals surface area contributed by atoms with Gasteiger partial charge in [-0.05, 0) is 39.3 Å². The number of hydrogen-bond acceptors (Lipinski definition) is 4. The standard InChI is InChI=1S/C16H23ClN2O4S/c1-16(2,3)23-15(20)18-9-6-10-19(12-11-18)24(21,22)14-8-5-4-7-13(14)17/h4-5,7-8H,6,9-12H2,1-3H3. The van der Waals surface area contributed by atoms with Gasteiger partial charge >= 0.3 is 6.09 Å². The summed E-state index contributed by atoms with van der Waals surface area (Å²) in [7, 11) is -3.68. The van der Waals surface area contributed by atoms with Gasteiger partial charge in [0, 0.05) is 26.2 Å². The second kappa shape index (κ2) is 7.29. The van der Waals surface area contributed by atoms with Gasteiger partial charge in [-0.2, -0.15) is 4.31 Å². The maximum absolute atomic E-state index is 12.8. The number of amides is 1. The second-order valence-electron chi connectivity index (χ2n) is 6.66. The Morgan fingerprint density at radius 2 is 1.79 bits per heavy atom. The first-order valence-electron chi connectivity index (χ1n) is 7.84. The Labute approximate surface area is 148 Å². The van der Waals surface area contributed by atoms with Crippen LogP contribution >= 0.6 is 11.6 Å². The molecule has 1 fully saturated rings. The zero-order valence-corrected chi connectivity index (χ0v) is 15.7. The Bertz CT molecular complexity index is 700. The van der Waals surface area contributed by atoms with E-state index in [0.29, 0.717) is 26.1 Å². The number of carbonyl (C=O) groups excluding carboxylic acids is 1. The third-order valence-electron chi connectivity index (χ3n) is 3.56. The second-order valence-corrected chi connectivity index (χ2v) is 8.97. The first kappa shape index (κ1) is 19.0. The number of nitrogens with zero attached hydrogens (tertiary/aromatic N) is 2. The largest absolute Gasteiger partial charge is 0.444 e. The first-order chi connectivity index (χ1) is 11.1. The number of benzene rings is 1. The SMILES string of the molecule is CC(C)(C)OC(=O)N1CCCN(S(=O)(=O)c2ccccc2Cl)CC1. The van der Waals surface area contributed by atoms with Crippen molar-refractivity contribution in [1.82, 2.24) is 9.21 Å². The lowest BCUT2D eigenvalue weighted by molar-refractivity contribution is 0.0260. The fourth-order valence-electron chi connectivity index (χ4n) is 2.44. The first-order valence-corrected chi connectivity index (χ1v) is 9.66. The average molecular weight is 375 g/mol. The number of ether oxygens (including phenoxy) is 1. The topological polar surface area (TPSA) is 66.9 Å². The Morgan fingerprint density at radius 1 is 1.12 bits per heavy atom. The molecule has 0 spiro atoms. The van der Waals surface area contributed by atoms with Crippen LogP contribution in [0.5, 0.6) is 0 Å². The summed E-state index contributed by atoms with van der Waals surface area (Å²) in [6.45, 7) is 6.71.